The van der Waals surface area contributed by atoms with E-state index in [1.165, 1.54) is 104 Å². The largest absolute Gasteiger partial charge is 0.311 e. The second-order valence-electron chi connectivity index (χ2n) is 17.4. The van der Waals surface area contributed by atoms with E-state index in [4.69, 9.17) is 0 Å². The van der Waals surface area contributed by atoms with E-state index in [1.807, 2.05) is 0 Å². The molecular weight excluding hydrogens is 577 g/mol. The summed E-state index contributed by atoms with van der Waals surface area (Å²) in [5.74, 6) is 0. The molecule has 48 heavy (non-hydrogen) atoms. The molecule has 0 radical (unpaired) electrons. The van der Waals surface area contributed by atoms with Crippen molar-refractivity contribution in [2.24, 2.45) is 0 Å². The zero-order chi connectivity index (χ0) is 33.7. The summed E-state index contributed by atoms with van der Waals surface area (Å²) in [6.45, 7) is 21.3. The van der Waals surface area contributed by atoms with E-state index in [1.54, 1.807) is 5.56 Å². The summed E-state index contributed by atoms with van der Waals surface area (Å²) >= 11 is 0. The first-order chi connectivity index (χ1) is 22.7. The fourth-order valence-electron chi connectivity index (χ4n) is 8.94. The highest BCUT2D eigenvalue weighted by atomic mass is 15.2. The maximum absolute atomic E-state index is 2.59. The number of benzene rings is 5. The molecule has 2 heterocycles. The maximum atomic E-state index is 2.59. The minimum absolute atomic E-state index is 0.0729. The lowest BCUT2D eigenvalue weighted by molar-refractivity contribution is 0.588. The molecule has 2 aliphatic heterocycles. The van der Waals surface area contributed by atoms with E-state index >= 15 is 0 Å². The van der Waals surface area contributed by atoms with Crippen molar-refractivity contribution >= 4 is 40.2 Å². The summed E-state index contributed by atoms with van der Waals surface area (Å²) < 4.78 is 0. The Bertz CT molecular complexity index is 2080. The first kappa shape index (κ1) is 31.2. The molecule has 242 valence electrons. The normalized spacial score (nSPS) is 16.2. The summed E-state index contributed by atoms with van der Waals surface area (Å²) in [4.78, 5) is 2.59. The van der Waals surface area contributed by atoms with Gasteiger partial charge in [0.25, 0.3) is 0 Å². The van der Waals surface area contributed by atoms with Gasteiger partial charge in [0.15, 0.2) is 0 Å². The van der Waals surface area contributed by atoms with E-state index in [0.29, 0.717) is 0 Å². The summed E-state index contributed by atoms with van der Waals surface area (Å²) in [6.07, 6.45) is 4.93. The van der Waals surface area contributed by atoms with Crippen LogP contribution < -0.4 is 21.3 Å². The van der Waals surface area contributed by atoms with Crippen molar-refractivity contribution in [3.8, 4) is 11.1 Å². The van der Waals surface area contributed by atoms with E-state index in [2.05, 4.69) is 158 Å². The van der Waals surface area contributed by atoms with Crippen molar-refractivity contribution in [1.29, 1.82) is 0 Å². The van der Waals surface area contributed by atoms with Crippen LogP contribution in [0.2, 0.25) is 0 Å². The fourth-order valence-corrected chi connectivity index (χ4v) is 8.94. The monoisotopic (exact) mass is 627 g/mol. The SMILES string of the molecule is Cc1ccc2c(c1)B1c3cc(C(C)(C)C)ccc3C(C)(C)c3cc(-c4cccc5c4CCCC5)cc(c31)N2c1ccc(C(C)(C)C)cc1. The van der Waals surface area contributed by atoms with Gasteiger partial charge in [-0.25, -0.2) is 0 Å². The lowest BCUT2D eigenvalue weighted by atomic mass is 9.30. The van der Waals surface area contributed by atoms with Crippen molar-refractivity contribution in [2.45, 2.75) is 104 Å². The van der Waals surface area contributed by atoms with Crippen LogP contribution in [-0.2, 0) is 29.1 Å². The predicted octanol–water partition coefficient (Wildman–Crippen LogP) is 10.1. The molecule has 0 spiro atoms. The fraction of sp³-hybridized carbons (Fsp3) is 0.348. The molecule has 5 aromatic carbocycles. The molecule has 0 aromatic heterocycles. The average molecular weight is 628 g/mol. The highest BCUT2D eigenvalue weighted by Crippen LogP contribution is 2.46. The number of hydrogen-bond acceptors (Lipinski definition) is 1. The van der Waals surface area contributed by atoms with Crippen molar-refractivity contribution in [3.63, 3.8) is 0 Å². The zero-order valence-corrected chi connectivity index (χ0v) is 30.5. The number of rotatable bonds is 2. The highest BCUT2D eigenvalue weighted by molar-refractivity contribution is 6.99. The van der Waals surface area contributed by atoms with Gasteiger partial charge in [-0.3, -0.25) is 0 Å². The van der Waals surface area contributed by atoms with Gasteiger partial charge in [-0.15, -0.1) is 0 Å². The van der Waals surface area contributed by atoms with Crippen molar-refractivity contribution in [3.05, 3.63) is 130 Å². The van der Waals surface area contributed by atoms with Gasteiger partial charge >= 0.3 is 0 Å². The highest BCUT2D eigenvalue weighted by Gasteiger charge is 2.46. The molecule has 0 bridgehead atoms. The standard InChI is InChI=1S/C46H50BN/c1-29-17-24-41-40(25-29)47-39-28-33(45(5,6)7)20-23-37(39)46(8,9)38-26-31(36-16-12-14-30-13-10-11-15-35(30)36)27-42(43(38)47)48(41)34-21-18-32(19-22-34)44(2,3)4/h12,14,16-28H,10-11,13,15H2,1-9H3. The predicted molar refractivity (Wildman–Crippen MR) is 209 cm³/mol. The van der Waals surface area contributed by atoms with Crippen LogP contribution in [0.3, 0.4) is 0 Å². The van der Waals surface area contributed by atoms with Crippen molar-refractivity contribution < 1.29 is 0 Å². The second-order valence-corrected chi connectivity index (χ2v) is 17.4. The quantitative estimate of drug-likeness (QED) is 0.173. The molecule has 0 N–H and O–H groups in total. The molecule has 8 rings (SSSR count). The van der Waals surface area contributed by atoms with E-state index in [-0.39, 0.29) is 23.0 Å². The molecule has 0 saturated carbocycles. The zero-order valence-electron chi connectivity index (χ0n) is 30.5. The van der Waals surface area contributed by atoms with Gasteiger partial charge in [0.2, 0.25) is 6.71 Å². The molecule has 1 aliphatic carbocycles. The molecular formula is C46H50BN. The first-order valence-corrected chi connectivity index (χ1v) is 18.2. The van der Waals surface area contributed by atoms with Gasteiger partial charge < -0.3 is 4.90 Å². The minimum atomic E-state index is -0.153. The Morgan fingerprint density at radius 1 is 0.646 bits per heavy atom. The summed E-state index contributed by atoms with van der Waals surface area (Å²) in [5, 5.41) is 0. The van der Waals surface area contributed by atoms with Gasteiger partial charge in [0.1, 0.15) is 0 Å². The minimum Gasteiger partial charge on any atom is -0.311 e. The third-order valence-electron chi connectivity index (χ3n) is 11.7. The molecule has 0 atom stereocenters. The Morgan fingerprint density at radius 3 is 2.08 bits per heavy atom. The lowest BCUT2D eigenvalue weighted by Gasteiger charge is -2.46. The Hall–Kier alpha value is -4.04. The lowest BCUT2D eigenvalue weighted by Crippen LogP contribution is -2.64. The number of aryl methyl sites for hydroxylation is 2. The van der Waals surface area contributed by atoms with E-state index in [0.717, 1.165) is 0 Å². The summed E-state index contributed by atoms with van der Waals surface area (Å²) in [6, 6.07) is 36.1. The first-order valence-electron chi connectivity index (χ1n) is 18.2. The molecule has 0 saturated heterocycles. The van der Waals surface area contributed by atoms with Crippen LogP contribution in [0.1, 0.15) is 107 Å². The van der Waals surface area contributed by atoms with Crippen molar-refractivity contribution in [1.82, 2.24) is 0 Å². The van der Waals surface area contributed by atoms with Gasteiger partial charge in [-0.05, 0) is 123 Å². The van der Waals surface area contributed by atoms with Gasteiger partial charge in [0, 0.05) is 22.5 Å². The molecule has 0 unspecified atom stereocenters. The molecule has 0 fully saturated rings. The van der Waals surface area contributed by atoms with Crippen molar-refractivity contribution in [2.75, 3.05) is 4.90 Å². The smallest absolute Gasteiger partial charge is 0.247 e. The van der Waals surface area contributed by atoms with Crippen LogP contribution in [0.4, 0.5) is 17.1 Å². The van der Waals surface area contributed by atoms with Crippen LogP contribution in [0.25, 0.3) is 11.1 Å². The van der Waals surface area contributed by atoms with Crippen LogP contribution in [-0.4, -0.2) is 6.71 Å². The molecule has 1 nitrogen and oxygen atoms in total. The molecule has 5 aromatic rings. The van der Waals surface area contributed by atoms with Gasteiger partial charge in [-0.2, -0.15) is 0 Å². The third kappa shape index (κ3) is 4.81. The van der Waals surface area contributed by atoms with Crippen LogP contribution in [0, 0.1) is 6.92 Å². The van der Waals surface area contributed by atoms with Crippen LogP contribution >= 0.6 is 0 Å². The topological polar surface area (TPSA) is 3.24 Å². The average Bonchev–Trinajstić information content (AvgIpc) is 3.05. The molecule has 2 heteroatoms. The van der Waals surface area contributed by atoms with Crippen LogP contribution in [0.5, 0.6) is 0 Å². The van der Waals surface area contributed by atoms with Gasteiger partial charge in [-0.1, -0.05) is 133 Å². The Labute approximate surface area is 289 Å². The summed E-state index contributed by atoms with van der Waals surface area (Å²) in [7, 11) is 0. The van der Waals surface area contributed by atoms with E-state index in [9.17, 15) is 0 Å². The van der Waals surface area contributed by atoms with E-state index < -0.39 is 0 Å². The number of fused-ring (bicyclic) bond motifs is 5. The number of hydrogen-bond donors (Lipinski definition) is 0. The number of anilines is 3. The second kappa shape index (κ2) is 10.7. The maximum Gasteiger partial charge on any atom is 0.247 e. The van der Waals surface area contributed by atoms with Crippen LogP contribution in [0.15, 0.2) is 91.0 Å². The number of nitrogens with zero attached hydrogens (tertiary/aromatic N) is 1. The van der Waals surface area contributed by atoms with Gasteiger partial charge in [0.05, 0.1) is 0 Å². The Kier molecular flexibility index (Phi) is 6.99. The Morgan fingerprint density at radius 2 is 1.35 bits per heavy atom. The third-order valence-corrected chi connectivity index (χ3v) is 11.7. The molecule has 0 amide bonds. The summed E-state index contributed by atoms with van der Waals surface area (Å²) in [5.41, 5.74) is 21.1. The Balaban J connectivity index is 1.47. The molecule has 3 aliphatic rings.